The van der Waals surface area contributed by atoms with E-state index in [9.17, 15) is 14.4 Å². The highest BCUT2D eigenvalue weighted by Gasteiger charge is 2.28. The van der Waals surface area contributed by atoms with Gasteiger partial charge in [-0.1, -0.05) is 18.2 Å². The molecule has 2 aromatic heterocycles. The van der Waals surface area contributed by atoms with E-state index in [1.807, 2.05) is 6.07 Å². The number of imide groups is 1. The summed E-state index contributed by atoms with van der Waals surface area (Å²) >= 11 is 0. The van der Waals surface area contributed by atoms with Gasteiger partial charge in [-0.05, 0) is 29.8 Å². The van der Waals surface area contributed by atoms with Crippen molar-refractivity contribution < 1.29 is 14.4 Å². The molecule has 0 bridgehead atoms. The Morgan fingerprint density at radius 2 is 1.82 bits per heavy atom. The number of hydrogen-bond donors (Lipinski definition) is 2. The van der Waals surface area contributed by atoms with Crippen molar-refractivity contribution in [2.75, 3.05) is 5.32 Å². The molecule has 8 nitrogen and oxygen atoms in total. The first-order chi connectivity index (χ1) is 13.6. The monoisotopic (exact) mass is 375 g/mol. The summed E-state index contributed by atoms with van der Waals surface area (Å²) in [7, 11) is 0. The van der Waals surface area contributed by atoms with E-state index < -0.39 is 0 Å². The van der Waals surface area contributed by atoms with Crippen molar-refractivity contribution in [1.82, 2.24) is 20.1 Å². The minimum atomic E-state index is -0.313. The maximum Gasteiger partial charge on any atom is 0.259 e. The van der Waals surface area contributed by atoms with Crippen molar-refractivity contribution >= 4 is 23.4 Å². The molecule has 0 unspecified atom stereocenters. The lowest BCUT2D eigenvalue weighted by Crippen LogP contribution is -2.28. The number of H-pyrrole nitrogens is 1. The van der Waals surface area contributed by atoms with Gasteiger partial charge in [0.2, 0.25) is 11.8 Å². The molecule has 140 valence electrons. The van der Waals surface area contributed by atoms with E-state index in [1.165, 1.54) is 11.1 Å². The maximum absolute atomic E-state index is 12.6. The number of carbonyl (C=O) groups excluding carboxylic acids is 3. The highest BCUT2D eigenvalue weighted by molar-refractivity contribution is 6.07. The van der Waals surface area contributed by atoms with Gasteiger partial charge in [-0.3, -0.25) is 29.4 Å². The van der Waals surface area contributed by atoms with Crippen molar-refractivity contribution in [3.05, 3.63) is 66.0 Å². The number of aromatic amines is 1. The number of rotatable bonds is 5. The molecule has 1 fully saturated rings. The van der Waals surface area contributed by atoms with E-state index in [-0.39, 0.29) is 37.1 Å². The lowest BCUT2D eigenvalue weighted by Gasteiger charge is -2.14. The summed E-state index contributed by atoms with van der Waals surface area (Å²) in [6.45, 7) is 0.247. The number of amides is 3. The molecule has 3 heterocycles. The van der Waals surface area contributed by atoms with Crippen LogP contribution in [0.4, 0.5) is 5.69 Å². The van der Waals surface area contributed by atoms with E-state index >= 15 is 0 Å². The first kappa shape index (κ1) is 17.6. The van der Waals surface area contributed by atoms with Gasteiger partial charge >= 0.3 is 0 Å². The van der Waals surface area contributed by atoms with Gasteiger partial charge in [0.1, 0.15) is 0 Å². The van der Waals surface area contributed by atoms with Gasteiger partial charge in [0, 0.05) is 24.7 Å². The van der Waals surface area contributed by atoms with Crippen molar-refractivity contribution in [1.29, 1.82) is 0 Å². The van der Waals surface area contributed by atoms with E-state index in [4.69, 9.17) is 0 Å². The largest absolute Gasteiger partial charge is 0.322 e. The highest BCUT2D eigenvalue weighted by atomic mass is 16.2. The van der Waals surface area contributed by atoms with Crippen LogP contribution in [0.2, 0.25) is 0 Å². The average Bonchev–Trinajstić information content (AvgIpc) is 3.33. The van der Waals surface area contributed by atoms with Gasteiger partial charge < -0.3 is 5.32 Å². The van der Waals surface area contributed by atoms with Crippen LogP contribution in [-0.2, 0) is 16.1 Å². The third-order valence-corrected chi connectivity index (χ3v) is 4.51. The predicted molar refractivity (Wildman–Crippen MR) is 101 cm³/mol. The topological polar surface area (TPSA) is 108 Å². The van der Waals surface area contributed by atoms with Crippen LogP contribution in [0.15, 0.2) is 54.9 Å². The second-order valence-electron chi connectivity index (χ2n) is 6.40. The molecule has 0 radical (unpaired) electrons. The second kappa shape index (κ2) is 7.43. The van der Waals surface area contributed by atoms with Crippen LogP contribution in [0.5, 0.6) is 0 Å². The maximum atomic E-state index is 12.6. The van der Waals surface area contributed by atoms with Gasteiger partial charge in [0.05, 0.1) is 29.7 Å². The summed E-state index contributed by atoms with van der Waals surface area (Å²) in [4.78, 5) is 41.5. The first-order valence-electron chi connectivity index (χ1n) is 8.80. The van der Waals surface area contributed by atoms with Crippen LogP contribution in [0.25, 0.3) is 11.4 Å². The van der Waals surface area contributed by atoms with Gasteiger partial charge in [0.25, 0.3) is 5.91 Å². The lowest BCUT2D eigenvalue weighted by molar-refractivity contribution is -0.139. The van der Waals surface area contributed by atoms with Crippen molar-refractivity contribution in [2.24, 2.45) is 0 Å². The summed E-state index contributed by atoms with van der Waals surface area (Å²) in [5.74, 6) is -0.610. The van der Waals surface area contributed by atoms with Crippen LogP contribution in [0, 0.1) is 0 Å². The lowest BCUT2D eigenvalue weighted by atomic mass is 10.1. The molecule has 1 aromatic carbocycles. The molecule has 3 amide bonds. The molecule has 0 atom stereocenters. The Labute approximate surface area is 160 Å². The first-order valence-corrected chi connectivity index (χ1v) is 8.80. The zero-order chi connectivity index (χ0) is 19.5. The van der Waals surface area contributed by atoms with Crippen LogP contribution < -0.4 is 5.32 Å². The van der Waals surface area contributed by atoms with E-state index in [2.05, 4.69) is 20.5 Å². The fourth-order valence-electron chi connectivity index (χ4n) is 3.04. The quantitative estimate of drug-likeness (QED) is 0.666. The van der Waals surface area contributed by atoms with Crippen molar-refractivity contribution in [3.63, 3.8) is 0 Å². The number of hydrogen-bond acceptors (Lipinski definition) is 5. The Morgan fingerprint density at radius 1 is 1.07 bits per heavy atom. The Morgan fingerprint density at radius 3 is 2.50 bits per heavy atom. The zero-order valence-electron chi connectivity index (χ0n) is 14.9. The SMILES string of the molecule is O=C(Nc1ccc(CN2C(=O)CCC2=O)cc1)c1cn[nH]c1-c1ccccn1. The second-order valence-corrected chi connectivity index (χ2v) is 6.40. The standard InChI is InChI=1S/C20H17N5O3/c26-17-8-9-18(27)25(17)12-13-4-6-14(7-5-13)23-20(28)15-11-22-24-19(15)16-3-1-2-10-21-16/h1-7,10-11H,8-9,12H2,(H,22,24)(H,23,28). The number of pyridine rings is 1. The van der Waals surface area contributed by atoms with Gasteiger partial charge in [-0.25, -0.2) is 0 Å². The average molecular weight is 375 g/mol. The molecule has 1 aliphatic rings. The number of aromatic nitrogens is 3. The Balaban J connectivity index is 1.45. The Bertz CT molecular complexity index is 1010. The van der Waals surface area contributed by atoms with Gasteiger partial charge in [-0.2, -0.15) is 5.10 Å². The number of nitrogens with one attached hydrogen (secondary N) is 2. The summed E-state index contributed by atoms with van der Waals surface area (Å²) in [5.41, 5.74) is 2.97. The zero-order valence-corrected chi connectivity index (χ0v) is 14.9. The van der Waals surface area contributed by atoms with Gasteiger partial charge in [-0.15, -0.1) is 0 Å². The van der Waals surface area contributed by atoms with Crippen LogP contribution in [0.3, 0.4) is 0 Å². The number of nitrogens with zero attached hydrogens (tertiary/aromatic N) is 3. The number of carbonyl (C=O) groups is 3. The molecule has 3 aromatic rings. The predicted octanol–water partition coefficient (Wildman–Crippen LogP) is 2.37. The van der Waals surface area contributed by atoms with Crippen molar-refractivity contribution in [2.45, 2.75) is 19.4 Å². The molecule has 4 rings (SSSR count). The molecule has 28 heavy (non-hydrogen) atoms. The van der Waals surface area contributed by atoms with Crippen molar-refractivity contribution in [3.8, 4) is 11.4 Å². The summed E-state index contributed by atoms with van der Waals surface area (Å²) in [5, 5.41) is 9.57. The molecule has 0 spiro atoms. The van der Waals surface area contributed by atoms with E-state index in [0.29, 0.717) is 22.6 Å². The van der Waals surface area contributed by atoms with Crippen LogP contribution in [-0.4, -0.2) is 37.8 Å². The van der Waals surface area contributed by atoms with E-state index in [0.717, 1.165) is 5.56 Å². The van der Waals surface area contributed by atoms with Gasteiger partial charge in [0.15, 0.2) is 0 Å². The number of benzene rings is 1. The summed E-state index contributed by atoms with van der Waals surface area (Å²) in [6.07, 6.45) is 3.65. The fourth-order valence-corrected chi connectivity index (χ4v) is 3.04. The normalized spacial score (nSPS) is 13.8. The van der Waals surface area contributed by atoms with Crippen LogP contribution >= 0.6 is 0 Å². The third-order valence-electron chi connectivity index (χ3n) is 4.51. The molecule has 1 aliphatic heterocycles. The minimum absolute atomic E-state index is 0.149. The Kier molecular flexibility index (Phi) is 4.67. The molecule has 0 aliphatic carbocycles. The fraction of sp³-hybridized carbons (Fsp3) is 0.150. The third kappa shape index (κ3) is 3.52. The smallest absolute Gasteiger partial charge is 0.259 e. The number of anilines is 1. The molecule has 2 N–H and O–H groups in total. The highest BCUT2D eigenvalue weighted by Crippen LogP contribution is 2.21. The Hall–Kier alpha value is -3.81. The van der Waals surface area contributed by atoms with E-state index in [1.54, 1.807) is 42.6 Å². The molecule has 1 saturated heterocycles. The molecule has 8 heteroatoms. The number of likely N-dealkylation sites (tertiary alicyclic amines) is 1. The van der Waals surface area contributed by atoms with Crippen LogP contribution in [0.1, 0.15) is 28.8 Å². The molecular weight excluding hydrogens is 358 g/mol. The minimum Gasteiger partial charge on any atom is -0.322 e. The summed E-state index contributed by atoms with van der Waals surface area (Å²) in [6, 6.07) is 12.5. The molecule has 0 saturated carbocycles. The molecular formula is C20H17N5O3. The summed E-state index contributed by atoms with van der Waals surface area (Å²) < 4.78 is 0.